The summed E-state index contributed by atoms with van der Waals surface area (Å²) in [5.41, 5.74) is 0.963. The summed E-state index contributed by atoms with van der Waals surface area (Å²) >= 11 is 0. The molecule has 0 saturated carbocycles. The van der Waals surface area contributed by atoms with Crippen molar-refractivity contribution in [3.8, 4) is 0 Å². The van der Waals surface area contributed by atoms with E-state index in [0.717, 1.165) is 18.7 Å². The number of sulfonamides is 1. The molecule has 0 spiro atoms. The maximum Gasteiger partial charge on any atom is 0.240 e. The van der Waals surface area contributed by atoms with Crippen LogP contribution < -0.4 is 10.0 Å². The van der Waals surface area contributed by atoms with Crippen LogP contribution in [0.1, 0.15) is 25.8 Å². The number of aryl methyl sites for hydroxylation is 1. The Hall–Kier alpha value is -1.44. The number of piperazine rings is 1. The Kier molecular flexibility index (Phi) is 5.78. The molecule has 2 N–H and O–H groups in total. The van der Waals surface area contributed by atoms with Gasteiger partial charge in [0, 0.05) is 31.6 Å². The van der Waals surface area contributed by atoms with Crippen LogP contribution in [0, 0.1) is 0 Å². The molecule has 1 aliphatic heterocycles. The predicted octanol–water partition coefficient (Wildman–Crippen LogP) is 0.736. The number of nitrogens with zero attached hydrogens (tertiary/aromatic N) is 1. The van der Waals surface area contributed by atoms with Crippen molar-refractivity contribution >= 4 is 15.9 Å². The first kappa shape index (κ1) is 17.9. The van der Waals surface area contributed by atoms with Crippen molar-refractivity contribution in [3.05, 3.63) is 29.8 Å². The maximum atomic E-state index is 12.3. The second kappa shape index (κ2) is 7.42. The maximum absolute atomic E-state index is 12.3. The van der Waals surface area contributed by atoms with Gasteiger partial charge in [-0.25, -0.2) is 13.1 Å². The van der Waals surface area contributed by atoms with E-state index in [-0.39, 0.29) is 10.8 Å². The predicted molar refractivity (Wildman–Crippen MR) is 89.6 cm³/mol. The Balaban J connectivity index is 1.92. The fraction of sp³-hybridized carbons (Fsp3) is 0.562. The number of nitrogens with one attached hydrogen (secondary N) is 2. The van der Waals surface area contributed by atoms with Gasteiger partial charge in [-0.3, -0.25) is 4.79 Å². The SMILES string of the molecule is CNS(=O)(=O)c1ccc(CCC(=O)N2C[C@H](C)N[C@@H](C)C2)cc1. The summed E-state index contributed by atoms with van der Waals surface area (Å²) in [4.78, 5) is 14.5. The first-order valence-electron chi connectivity index (χ1n) is 7.88. The van der Waals surface area contributed by atoms with Gasteiger partial charge in [0.25, 0.3) is 0 Å². The highest BCUT2D eigenvalue weighted by molar-refractivity contribution is 7.89. The fourth-order valence-corrected chi connectivity index (χ4v) is 3.62. The highest BCUT2D eigenvalue weighted by Gasteiger charge is 2.24. The molecule has 1 aliphatic rings. The third-order valence-corrected chi connectivity index (χ3v) is 5.47. The highest BCUT2D eigenvalue weighted by Crippen LogP contribution is 2.13. The lowest BCUT2D eigenvalue weighted by Crippen LogP contribution is -2.55. The lowest BCUT2D eigenvalue weighted by molar-refractivity contribution is -0.132. The molecule has 1 amide bonds. The number of carbonyl (C=O) groups excluding carboxylic acids is 1. The molecule has 1 aromatic rings. The van der Waals surface area contributed by atoms with E-state index in [9.17, 15) is 13.2 Å². The largest absolute Gasteiger partial charge is 0.340 e. The molecule has 0 unspecified atom stereocenters. The minimum Gasteiger partial charge on any atom is -0.340 e. The van der Waals surface area contributed by atoms with Crippen LogP contribution >= 0.6 is 0 Å². The Morgan fingerprint density at radius 2 is 1.78 bits per heavy atom. The van der Waals surface area contributed by atoms with E-state index in [0.29, 0.717) is 24.9 Å². The van der Waals surface area contributed by atoms with E-state index in [4.69, 9.17) is 0 Å². The standard InChI is InChI=1S/C16H25N3O3S/c1-12-10-19(11-13(2)18-12)16(20)9-6-14-4-7-15(8-5-14)23(21,22)17-3/h4-5,7-8,12-13,17-18H,6,9-11H2,1-3H3/t12-,13-/m0/s1. The molecule has 0 radical (unpaired) electrons. The number of carbonyl (C=O) groups is 1. The van der Waals surface area contributed by atoms with E-state index in [1.54, 1.807) is 24.3 Å². The quantitative estimate of drug-likeness (QED) is 0.829. The van der Waals surface area contributed by atoms with Gasteiger partial charge in [-0.15, -0.1) is 0 Å². The molecule has 1 saturated heterocycles. The van der Waals surface area contributed by atoms with E-state index in [1.165, 1.54) is 7.05 Å². The Bertz CT molecular complexity index is 633. The average molecular weight is 339 g/mol. The second-order valence-corrected chi connectivity index (χ2v) is 8.01. The molecule has 1 aromatic carbocycles. The number of amides is 1. The van der Waals surface area contributed by atoms with Crippen LogP contribution in [0.4, 0.5) is 0 Å². The van der Waals surface area contributed by atoms with E-state index >= 15 is 0 Å². The van der Waals surface area contributed by atoms with Gasteiger partial charge in [-0.05, 0) is 45.0 Å². The zero-order valence-corrected chi connectivity index (χ0v) is 14.7. The topological polar surface area (TPSA) is 78.5 Å². The molecule has 23 heavy (non-hydrogen) atoms. The van der Waals surface area contributed by atoms with Crippen LogP contribution in [0.5, 0.6) is 0 Å². The van der Waals surface area contributed by atoms with Crippen LogP contribution in [0.2, 0.25) is 0 Å². The summed E-state index contributed by atoms with van der Waals surface area (Å²) < 4.78 is 25.6. The number of hydrogen-bond donors (Lipinski definition) is 2. The fourth-order valence-electron chi connectivity index (χ4n) is 2.89. The molecule has 0 bridgehead atoms. The van der Waals surface area contributed by atoms with Crippen LogP contribution in [0.3, 0.4) is 0 Å². The Morgan fingerprint density at radius 3 is 2.30 bits per heavy atom. The van der Waals surface area contributed by atoms with Gasteiger partial charge in [0.2, 0.25) is 15.9 Å². The average Bonchev–Trinajstić information content (AvgIpc) is 2.52. The Morgan fingerprint density at radius 1 is 1.22 bits per heavy atom. The monoisotopic (exact) mass is 339 g/mol. The van der Waals surface area contributed by atoms with E-state index in [1.807, 2.05) is 4.90 Å². The summed E-state index contributed by atoms with van der Waals surface area (Å²) in [6.45, 7) is 5.64. The van der Waals surface area contributed by atoms with Gasteiger partial charge in [0.05, 0.1) is 4.90 Å². The molecular formula is C16H25N3O3S. The van der Waals surface area contributed by atoms with Crippen LogP contribution in [-0.2, 0) is 21.2 Å². The molecule has 128 valence electrons. The number of hydrogen-bond acceptors (Lipinski definition) is 4. The van der Waals surface area contributed by atoms with Gasteiger partial charge in [0.15, 0.2) is 0 Å². The number of benzene rings is 1. The summed E-state index contributed by atoms with van der Waals surface area (Å²) in [7, 11) is -2.02. The van der Waals surface area contributed by atoms with Crippen molar-refractivity contribution in [1.29, 1.82) is 0 Å². The molecule has 2 rings (SSSR count). The second-order valence-electron chi connectivity index (χ2n) is 6.12. The minimum atomic E-state index is -3.41. The zero-order chi connectivity index (χ0) is 17.0. The summed E-state index contributed by atoms with van der Waals surface area (Å²) in [5, 5.41) is 3.41. The van der Waals surface area contributed by atoms with Crippen molar-refractivity contribution in [3.63, 3.8) is 0 Å². The first-order valence-corrected chi connectivity index (χ1v) is 9.36. The molecule has 1 fully saturated rings. The Labute approximate surface area is 138 Å². The van der Waals surface area contributed by atoms with Gasteiger partial charge in [-0.1, -0.05) is 12.1 Å². The molecule has 0 aromatic heterocycles. The molecule has 1 heterocycles. The van der Waals surface area contributed by atoms with E-state index < -0.39 is 10.0 Å². The third kappa shape index (κ3) is 4.76. The summed E-state index contributed by atoms with van der Waals surface area (Å²) in [5.74, 6) is 0.150. The van der Waals surface area contributed by atoms with Gasteiger partial charge >= 0.3 is 0 Å². The number of rotatable bonds is 5. The van der Waals surface area contributed by atoms with Crippen molar-refractivity contribution in [2.45, 2.75) is 43.7 Å². The summed E-state index contributed by atoms with van der Waals surface area (Å²) in [6, 6.07) is 7.30. The molecule has 6 nitrogen and oxygen atoms in total. The third-order valence-electron chi connectivity index (χ3n) is 4.04. The normalized spacial score (nSPS) is 22.1. The lowest BCUT2D eigenvalue weighted by atomic mass is 10.1. The van der Waals surface area contributed by atoms with Gasteiger partial charge < -0.3 is 10.2 Å². The molecule has 2 atom stereocenters. The molecule has 7 heteroatoms. The van der Waals surface area contributed by atoms with Crippen LogP contribution in [-0.4, -0.2) is 51.4 Å². The minimum absolute atomic E-state index is 0.150. The van der Waals surface area contributed by atoms with Crippen LogP contribution in [0.15, 0.2) is 29.2 Å². The van der Waals surface area contributed by atoms with Gasteiger partial charge in [-0.2, -0.15) is 0 Å². The smallest absolute Gasteiger partial charge is 0.240 e. The molecular weight excluding hydrogens is 314 g/mol. The molecule has 0 aliphatic carbocycles. The van der Waals surface area contributed by atoms with Crippen molar-refractivity contribution in [2.75, 3.05) is 20.1 Å². The van der Waals surface area contributed by atoms with E-state index in [2.05, 4.69) is 23.9 Å². The van der Waals surface area contributed by atoms with Crippen molar-refractivity contribution in [2.24, 2.45) is 0 Å². The van der Waals surface area contributed by atoms with Gasteiger partial charge in [0.1, 0.15) is 0 Å². The first-order chi connectivity index (χ1) is 10.8. The van der Waals surface area contributed by atoms with Crippen LogP contribution in [0.25, 0.3) is 0 Å². The van der Waals surface area contributed by atoms with Crippen molar-refractivity contribution < 1.29 is 13.2 Å². The highest BCUT2D eigenvalue weighted by atomic mass is 32.2. The zero-order valence-electron chi connectivity index (χ0n) is 13.9. The van der Waals surface area contributed by atoms with Crippen molar-refractivity contribution in [1.82, 2.24) is 14.9 Å². The summed E-state index contributed by atoms with van der Waals surface area (Å²) in [6.07, 6.45) is 1.06. The lowest BCUT2D eigenvalue weighted by Gasteiger charge is -2.36.